The molecule has 2 atom stereocenters. The zero-order chi connectivity index (χ0) is 19.4. The smallest absolute Gasteiger partial charge is 0.201 e. The third-order valence-corrected chi connectivity index (χ3v) is 4.69. The van der Waals surface area contributed by atoms with Crippen molar-refractivity contribution in [3.05, 3.63) is 53.3 Å². The van der Waals surface area contributed by atoms with E-state index in [4.69, 9.17) is 14.2 Å². The van der Waals surface area contributed by atoms with E-state index in [9.17, 15) is 13.2 Å². The number of halogens is 3. The highest BCUT2D eigenvalue weighted by Gasteiger charge is 2.24. The fourth-order valence-corrected chi connectivity index (χ4v) is 3.32. The Hall–Kier alpha value is -2.05. The van der Waals surface area contributed by atoms with Gasteiger partial charge in [-0.1, -0.05) is 12.1 Å². The quantitative estimate of drug-likeness (QED) is 0.669. The predicted octanol–water partition coefficient (Wildman–Crippen LogP) is 5.43. The molecule has 6 heteroatoms. The molecule has 2 aromatic carbocycles. The molecule has 27 heavy (non-hydrogen) atoms. The van der Waals surface area contributed by atoms with E-state index in [1.165, 1.54) is 24.3 Å². The molecule has 1 aliphatic heterocycles. The molecule has 1 heterocycles. The molecule has 0 radical (unpaired) electrons. The maximum absolute atomic E-state index is 14.7. The summed E-state index contributed by atoms with van der Waals surface area (Å²) in [5.74, 6) is -2.96. The van der Waals surface area contributed by atoms with Crippen LogP contribution in [-0.2, 0) is 9.47 Å². The first-order valence-corrected chi connectivity index (χ1v) is 9.18. The van der Waals surface area contributed by atoms with E-state index in [-0.39, 0.29) is 35.7 Å². The van der Waals surface area contributed by atoms with Gasteiger partial charge in [-0.25, -0.2) is 8.78 Å². The van der Waals surface area contributed by atoms with Gasteiger partial charge in [0.05, 0.1) is 13.2 Å². The van der Waals surface area contributed by atoms with Crippen molar-refractivity contribution in [1.82, 2.24) is 0 Å². The molecule has 0 N–H and O–H groups in total. The van der Waals surface area contributed by atoms with Crippen molar-refractivity contribution < 1.29 is 27.4 Å². The Balaban J connectivity index is 1.81. The second-order valence-corrected chi connectivity index (χ2v) is 6.40. The zero-order valence-corrected chi connectivity index (χ0v) is 15.4. The summed E-state index contributed by atoms with van der Waals surface area (Å²) in [5.41, 5.74) is 0.663. The second kappa shape index (κ2) is 8.76. The maximum atomic E-state index is 14.7. The lowest BCUT2D eigenvalue weighted by molar-refractivity contribution is -0.164. The van der Waals surface area contributed by atoms with Crippen LogP contribution in [-0.4, -0.2) is 26.1 Å². The van der Waals surface area contributed by atoms with E-state index in [1.807, 2.05) is 6.92 Å². The van der Waals surface area contributed by atoms with E-state index in [2.05, 4.69) is 0 Å². The third-order valence-electron chi connectivity index (χ3n) is 4.69. The van der Waals surface area contributed by atoms with Crippen LogP contribution in [0.4, 0.5) is 13.2 Å². The Labute approximate surface area is 157 Å². The molecular formula is C21H23F3O3. The molecule has 0 saturated carbocycles. The van der Waals surface area contributed by atoms with Crippen LogP contribution < -0.4 is 4.74 Å². The van der Waals surface area contributed by atoms with Gasteiger partial charge in [-0.05, 0) is 50.5 Å². The standard InChI is InChI=1S/C21H23F3O3/c1-3-25-18-9-8-16(20(23)21(18)24)15-7-5-13(11-17(15)22)14-6-10-19(26-4-2)27-12-14/h5,7-9,11,14,19H,3-4,6,10,12H2,1-2H3. The molecule has 0 aromatic heterocycles. The van der Waals surface area contributed by atoms with Crippen LogP contribution in [0.2, 0.25) is 0 Å². The molecule has 1 fully saturated rings. The Morgan fingerprint density at radius 3 is 2.37 bits per heavy atom. The van der Waals surface area contributed by atoms with Crippen LogP contribution in [0.5, 0.6) is 5.75 Å². The molecule has 0 amide bonds. The average molecular weight is 380 g/mol. The molecule has 3 nitrogen and oxygen atoms in total. The summed E-state index contributed by atoms with van der Waals surface area (Å²) in [6.07, 6.45) is 1.34. The molecule has 0 bridgehead atoms. The van der Waals surface area contributed by atoms with E-state index >= 15 is 0 Å². The molecular weight excluding hydrogens is 357 g/mol. The summed E-state index contributed by atoms with van der Waals surface area (Å²) in [6.45, 7) is 4.83. The topological polar surface area (TPSA) is 27.7 Å². The fourth-order valence-electron chi connectivity index (χ4n) is 3.32. The highest BCUT2D eigenvalue weighted by molar-refractivity contribution is 5.66. The van der Waals surface area contributed by atoms with Crippen molar-refractivity contribution >= 4 is 0 Å². The van der Waals surface area contributed by atoms with E-state index in [0.29, 0.717) is 13.2 Å². The molecule has 2 unspecified atom stereocenters. The molecule has 3 rings (SSSR count). The Kier molecular flexibility index (Phi) is 6.39. The SMILES string of the molecule is CCOc1ccc(-c2ccc(C3CCC(OCC)OC3)cc2F)c(F)c1F. The summed E-state index contributed by atoms with van der Waals surface area (Å²) in [6, 6.07) is 7.24. The summed E-state index contributed by atoms with van der Waals surface area (Å²) >= 11 is 0. The molecule has 1 aliphatic rings. The van der Waals surface area contributed by atoms with E-state index in [1.54, 1.807) is 13.0 Å². The molecule has 2 aromatic rings. The fraction of sp³-hybridized carbons (Fsp3) is 0.429. The first-order valence-electron chi connectivity index (χ1n) is 9.18. The van der Waals surface area contributed by atoms with Gasteiger partial charge < -0.3 is 14.2 Å². The predicted molar refractivity (Wildman–Crippen MR) is 96.3 cm³/mol. The summed E-state index contributed by atoms with van der Waals surface area (Å²) in [4.78, 5) is 0. The van der Waals surface area contributed by atoms with Crippen LogP contribution in [0.15, 0.2) is 30.3 Å². The molecule has 1 saturated heterocycles. The average Bonchev–Trinajstić information content (AvgIpc) is 2.67. The summed E-state index contributed by atoms with van der Waals surface area (Å²) in [5, 5.41) is 0. The van der Waals surface area contributed by atoms with Gasteiger partial charge in [0.25, 0.3) is 0 Å². The van der Waals surface area contributed by atoms with Crippen molar-refractivity contribution in [2.45, 2.75) is 38.9 Å². The Morgan fingerprint density at radius 2 is 1.74 bits per heavy atom. The van der Waals surface area contributed by atoms with Crippen LogP contribution in [0.3, 0.4) is 0 Å². The van der Waals surface area contributed by atoms with Crippen molar-refractivity contribution in [2.75, 3.05) is 19.8 Å². The van der Waals surface area contributed by atoms with Crippen molar-refractivity contribution in [3.63, 3.8) is 0 Å². The van der Waals surface area contributed by atoms with Crippen LogP contribution in [0, 0.1) is 17.5 Å². The molecule has 146 valence electrons. The highest BCUT2D eigenvalue weighted by atomic mass is 19.2. The van der Waals surface area contributed by atoms with E-state index in [0.717, 1.165) is 18.4 Å². The Bertz CT molecular complexity index is 786. The van der Waals surface area contributed by atoms with Crippen molar-refractivity contribution in [2.24, 2.45) is 0 Å². The van der Waals surface area contributed by atoms with Gasteiger partial charge in [0.15, 0.2) is 17.9 Å². The van der Waals surface area contributed by atoms with Crippen LogP contribution in [0.1, 0.15) is 38.2 Å². The van der Waals surface area contributed by atoms with Gasteiger partial charge in [-0.2, -0.15) is 4.39 Å². The van der Waals surface area contributed by atoms with Crippen molar-refractivity contribution in [3.8, 4) is 16.9 Å². The second-order valence-electron chi connectivity index (χ2n) is 6.40. The highest BCUT2D eigenvalue weighted by Crippen LogP contribution is 2.34. The van der Waals surface area contributed by atoms with Gasteiger partial charge in [0, 0.05) is 23.7 Å². The maximum Gasteiger partial charge on any atom is 0.201 e. The lowest BCUT2D eigenvalue weighted by Gasteiger charge is -2.29. The van der Waals surface area contributed by atoms with Crippen molar-refractivity contribution in [1.29, 1.82) is 0 Å². The van der Waals surface area contributed by atoms with Gasteiger partial charge in [0.2, 0.25) is 5.82 Å². The zero-order valence-electron chi connectivity index (χ0n) is 15.4. The van der Waals surface area contributed by atoms with Gasteiger partial charge in [0.1, 0.15) is 5.82 Å². The first kappa shape index (κ1) is 19.7. The summed E-state index contributed by atoms with van der Waals surface area (Å²) < 4.78 is 59.2. The number of ether oxygens (including phenoxy) is 3. The third kappa shape index (κ3) is 4.28. The number of hydrogen-bond donors (Lipinski definition) is 0. The van der Waals surface area contributed by atoms with Gasteiger partial charge in [-0.3, -0.25) is 0 Å². The summed E-state index contributed by atoms with van der Waals surface area (Å²) in [7, 11) is 0. The minimum Gasteiger partial charge on any atom is -0.491 e. The molecule has 0 aliphatic carbocycles. The number of rotatable bonds is 6. The largest absolute Gasteiger partial charge is 0.491 e. The molecule has 0 spiro atoms. The normalized spacial score (nSPS) is 19.9. The lowest BCUT2D eigenvalue weighted by atomic mass is 9.91. The number of hydrogen-bond acceptors (Lipinski definition) is 3. The lowest BCUT2D eigenvalue weighted by Crippen LogP contribution is -2.27. The minimum atomic E-state index is -1.12. The monoisotopic (exact) mass is 380 g/mol. The van der Waals surface area contributed by atoms with Gasteiger partial charge >= 0.3 is 0 Å². The van der Waals surface area contributed by atoms with Crippen LogP contribution in [0.25, 0.3) is 11.1 Å². The van der Waals surface area contributed by atoms with Crippen LogP contribution >= 0.6 is 0 Å². The Morgan fingerprint density at radius 1 is 0.963 bits per heavy atom. The number of benzene rings is 2. The minimum absolute atomic E-state index is 0.0159. The van der Waals surface area contributed by atoms with Gasteiger partial charge in [-0.15, -0.1) is 0 Å². The first-order chi connectivity index (χ1) is 13.0. The van der Waals surface area contributed by atoms with E-state index < -0.39 is 17.5 Å².